The van der Waals surface area contributed by atoms with Gasteiger partial charge in [0.25, 0.3) is 0 Å². The molecule has 30 heavy (non-hydrogen) atoms. The van der Waals surface area contributed by atoms with E-state index in [0.29, 0.717) is 32.5 Å². The summed E-state index contributed by atoms with van der Waals surface area (Å²) in [6, 6.07) is 12.2. The molecule has 152 valence electrons. The Morgan fingerprint density at radius 1 is 1.10 bits per heavy atom. The maximum Gasteiger partial charge on any atom is 0.323 e. The first-order chi connectivity index (χ1) is 14.4. The van der Waals surface area contributed by atoms with Crippen molar-refractivity contribution in [2.75, 3.05) is 24.3 Å². The Morgan fingerprint density at radius 2 is 1.80 bits per heavy atom. The number of hydrogen-bond acceptors (Lipinski definition) is 5. The Balaban J connectivity index is 2.07. The maximum atomic E-state index is 13.2. The number of nitrogens with zero attached hydrogens (tertiary/aromatic N) is 3. The normalized spacial score (nSPS) is 11.0. The number of benzene rings is 2. The molecule has 0 radical (unpaired) electrons. The van der Waals surface area contributed by atoms with Crippen molar-refractivity contribution in [2.24, 2.45) is 0 Å². The van der Waals surface area contributed by atoms with Crippen LogP contribution in [-0.2, 0) is 11.3 Å². The molecule has 8 heteroatoms. The standard InChI is InChI=1S/C22H19ClN4O3/c1-26(2)21-17(23)6-5-16-20(21)27(12-19(28)29)18-11-14(3-4-15(18)22(16)30)25-13-7-9-24-10-8-13/h3-11H,12H2,1-2H3,(H,24,25)(H,28,29). The predicted molar refractivity (Wildman–Crippen MR) is 120 cm³/mol. The van der Waals surface area contributed by atoms with Crippen LogP contribution in [0, 0.1) is 0 Å². The third-order valence-electron chi connectivity index (χ3n) is 4.86. The van der Waals surface area contributed by atoms with Crippen LogP contribution in [0.4, 0.5) is 17.1 Å². The number of nitrogens with one attached hydrogen (secondary N) is 1. The van der Waals surface area contributed by atoms with Crippen molar-refractivity contribution < 1.29 is 9.90 Å². The van der Waals surface area contributed by atoms with Gasteiger partial charge in [0.15, 0.2) is 5.43 Å². The molecule has 0 amide bonds. The largest absolute Gasteiger partial charge is 0.480 e. The van der Waals surface area contributed by atoms with Gasteiger partial charge in [0, 0.05) is 48.6 Å². The molecule has 0 aliphatic rings. The number of aliphatic carboxylic acids is 1. The lowest BCUT2D eigenvalue weighted by molar-refractivity contribution is -0.137. The van der Waals surface area contributed by atoms with Crippen molar-refractivity contribution in [3.63, 3.8) is 0 Å². The van der Waals surface area contributed by atoms with Gasteiger partial charge in [-0.2, -0.15) is 0 Å². The molecular formula is C22H19ClN4O3. The molecule has 4 rings (SSSR count). The van der Waals surface area contributed by atoms with E-state index in [1.54, 1.807) is 52.2 Å². The van der Waals surface area contributed by atoms with Gasteiger partial charge in [-0.05, 0) is 42.5 Å². The molecule has 0 fully saturated rings. The van der Waals surface area contributed by atoms with Crippen LogP contribution in [0.1, 0.15) is 0 Å². The van der Waals surface area contributed by atoms with Crippen LogP contribution in [-0.4, -0.2) is 34.7 Å². The molecular weight excluding hydrogens is 404 g/mol. The average Bonchev–Trinajstić information content (AvgIpc) is 2.71. The zero-order valence-corrected chi connectivity index (χ0v) is 17.1. The number of rotatable bonds is 5. The van der Waals surface area contributed by atoms with E-state index in [4.69, 9.17) is 11.6 Å². The lowest BCUT2D eigenvalue weighted by atomic mass is 10.1. The minimum absolute atomic E-state index is 0.170. The van der Waals surface area contributed by atoms with E-state index in [1.807, 2.05) is 26.2 Å². The zero-order valence-electron chi connectivity index (χ0n) is 16.4. The molecule has 7 nitrogen and oxygen atoms in total. The highest BCUT2D eigenvalue weighted by Gasteiger charge is 2.19. The minimum Gasteiger partial charge on any atom is -0.480 e. The molecule has 0 bridgehead atoms. The van der Waals surface area contributed by atoms with E-state index < -0.39 is 5.97 Å². The van der Waals surface area contributed by atoms with Crippen LogP contribution in [0.25, 0.3) is 21.8 Å². The number of hydrogen-bond donors (Lipinski definition) is 2. The Labute approximate surface area is 177 Å². The van der Waals surface area contributed by atoms with Crippen LogP contribution in [0.5, 0.6) is 0 Å². The zero-order chi connectivity index (χ0) is 21.4. The summed E-state index contributed by atoms with van der Waals surface area (Å²) in [4.78, 5) is 30.7. The number of fused-ring (bicyclic) bond motifs is 2. The topological polar surface area (TPSA) is 87.5 Å². The SMILES string of the molecule is CN(C)c1c(Cl)ccc2c(=O)c3ccc(Nc4ccncc4)cc3n(CC(=O)O)c12. The second-order valence-electron chi connectivity index (χ2n) is 7.09. The summed E-state index contributed by atoms with van der Waals surface area (Å²) in [5.74, 6) is -1.02. The summed E-state index contributed by atoms with van der Waals surface area (Å²) in [6.07, 6.45) is 3.34. The van der Waals surface area contributed by atoms with E-state index in [0.717, 1.165) is 11.4 Å². The Morgan fingerprint density at radius 3 is 2.47 bits per heavy atom. The van der Waals surface area contributed by atoms with E-state index in [9.17, 15) is 14.7 Å². The first kappa shape index (κ1) is 19.7. The second-order valence-corrected chi connectivity index (χ2v) is 7.50. The molecule has 0 aliphatic carbocycles. The Hall–Kier alpha value is -3.58. The van der Waals surface area contributed by atoms with Gasteiger partial charge >= 0.3 is 5.97 Å². The highest BCUT2D eigenvalue weighted by molar-refractivity contribution is 6.35. The lowest BCUT2D eigenvalue weighted by Crippen LogP contribution is -2.19. The van der Waals surface area contributed by atoms with Crippen LogP contribution in [0.3, 0.4) is 0 Å². The Kier molecular flexibility index (Phi) is 5.05. The van der Waals surface area contributed by atoms with Crippen molar-refractivity contribution in [3.8, 4) is 0 Å². The van der Waals surface area contributed by atoms with E-state index >= 15 is 0 Å². The molecule has 2 N–H and O–H groups in total. The van der Waals surface area contributed by atoms with Crippen molar-refractivity contribution in [1.29, 1.82) is 0 Å². The summed E-state index contributed by atoms with van der Waals surface area (Å²) in [7, 11) is 3.61. The van der Waals surface area contributed by atoms with E-state index in [2.05, 4.69) is 10.3 Å². The van der Waals surface area contributed by atoms with Crippen molar-refractivity contribution in [1.82, 2.24) is 9.55 Å². The predicted octanol–water partition coefficient (Wildman–Crippen LogP) is 4.10. The third kappa shape index (κ3) is 3.44. The fourth-order valence-corrected chi connectivity index (χ4v) is 3.95. The number of anilines is 3. The summed E-state index contributed by atoms with van der Waals surface area (Å²) in [6.45, 7) is -0.312. The third-order valence-corrected chi connectivity index (χ3v) is 5.16. The van der Waals surface area contributed by atoms with Crippen molar-refractivity contribution in [2.45, 2.75) is 6.54 Å². The number of pyridine rings is 2. The van der Waals surface area contributed by atoms with Crippen molar-refractivity contribution >= 4 is 56.4 Å². The molecule has 0 saturated carbocycles. The molecule has 2 heterocycles. The number of carboxylic acids is 1. The molecule has 4 aromatic rings. The van der Waals surface area contributed by atoms with Crippen molar-refractivity contribution in [3.05, 3.63) is 70.1 Å². The van der Waals surface area contributed by atoms with Crippen LogP contribution < -0.4 is 15.6 Å². The number of carboxylic acid groups (broad SMARTS) is 1. The molecule has 0 spiro atoms. The van der Waals surface area contributed by atoms with Gasteiger partial charge in [-0.25, -0.2) is 0 Å². The molecule has 0 saturated heterocycles. The highest BCUT2D eigenvalue weighted by Crippen LogP contribution is 2.34. The van der Waals surface area contributed by atoms with Gasteiger partial charge in [0.1, 0.15) is 6.54 Å². The summed E-state index contributed by atoms with van der Waals surface area (Å²) >= 11 is 6.43. The molecule has 0 unspecified atom stereocenters. The highest BCUT2D eigenvalue weighted by atomic mass is 35.5. The van der Waals surface area contributed by atoms with Crippen LogP contribution in [0.15, 0.2) is 59.7 Å². The number of halogens is 1. The first-order valence-electron chi connectivity index (χ1n) is 9.21. The smallest absolute Gasteiger partial charge is 0.323 e. The van der Waals surface area contributed by atoms with E-state index in [1.165, 1.54) is 0 Å². The fourth-order valence-electron chi connectivity index (χ4n) is 3.63. The number of carbonyl (C=O) groups is 1. The second kappa shape index (κ2) is 7.68. The molecule has 2 aromatic carbocycles. The van der Waals surface area contributed by atoms with Gasteiger partial charge in [-0.15, -0.1) is 0 Å². The first-order valence-corrected chi connectivity index (χ1v) is 9.59. The lowest BCUT2D eigenvalue weighted by Gasteiger charge is -2.22. The Bertz CT molecular complexity index is 1330. The van der Waals surface area contributed by atoms with Gasteiger partial charge < -0.3 is 19.9 Å². The average molecular weight is 423 g/mol. The van der Waals surface area contributed by atoms with Gasteiger partial charge in [-0.1, -0.05) is 11.6 Å². The van der Waals surface area contributed by atoms with Gasteiger partial charge in [0.2, 0.25) is 0 Å². The van der Waals surface area contributed by atoms with Gasteiger partial charge in [0.05, 0.1) is 21.7 Å². The summed E-state index contributed by atoms with van der Waals surface area (Å²) < 4.78 is 1.63. The van der Waals surface area contributed by atoms with Crippen LogP contribution >= 0.6 is 11.6 Å². The molecule has 0 atom stereocenters. The molecule has 2 aromatic heterocycles. The minimum atomic E-state index is -1.02. The maximum absolute atomic E-state index is 13.2. The quantitative estimate of drug-likeness (QED) is 0.471. The fraction of sp³-hybridized carbons (Fsp3) is 0.136. The van der Waals surface area contributed by atoms with Gasteiger partial charge in [-0.3, -0.25) is 14.6 Å². The van der Waals surface area contributed by atoms with Crippen LogP contribution in [0.2, 0.25) is 5.02 Å². The summed E-state index contributed by atoms with van der Waals surface area (Å²) in [5, 5.41) is 14.1. The summed E-state index contributed by atoms with van der Waals surface area (Å²) in [5.41, 5.74) is 2.99. The number of aromatic nitrogens is 2. The monoisotopic (exact) mass is 422 g/mol. The van der Waals surface area contributed by atoms with E-state index in [-0.39, 0.29) is 12.0 Å². The molecule has 0 aliphatic heterocycles.